The molecule has 0 saturated heterocycles. The first-order valence-electron chi connectivity index (χ1n) is 7.13. The molecular formula is C15H19N3O5S. The number of rotatable bonds is 6. The van der Waals surface area contributed by atoms with Gasteiger partial charge in [0, 0.05) is 13.1 Å². The van der Waals surface area contributed by atoms with Crippen LogP contribution in [0.2, 0.25) is 0 Å². The number of nitrogens with one attached hydrogen (secondary N) is 1. The molecule has 1 aromatic heterocycles. The summed E-state index contributed by atoms with van der Waals surface area (Å²) in [5.41, 5.74) is 0.425. The highest BCUT2D eigenvalue weighted by Gasteiger charge is 2.23. The third kappa shape index (κ3) is 3.51. The summed E-state index contributed by atoms with van der Waals surface area (Å²) >= 11 is 0. The van der Waals surface area contributed by atoms with Crippen LogP contribution in [0.5, 0.6) is 5.88 Å². The fraction of sp³-hybridized carbons (Fsp3) is 0.333. The molecule has 2 rings (SSSR count). The van der Waals surface area contributed by atoms with Gasteiger partial charge in [0.15, 0.2) is 5.82 Å². The zero-order valence-corrected chi connectivity index (χ0v) is 14.6. The van der Waals surface area contributed by atoms with Crippen molar-refractivity contribution in [3.63, 3.8) is 0 Å². The van der Waals surface area contributed by atoms with Crippen molar-refractivity contribution in [3.05, 3.63) is 35.4 Å². The molecule has 8 nitrogen and oxygen atoms in total. The van der Waals surface area contributed by atoms with Crippen LogP contribution in [-0.2, 0) is 17.1 Å². The molecule has 1 aromatic carbocycles. The average molecular weight is 353 g/mol. The molecule has 2 N–H and O–H groups in total. The molecule has 130 valence electrons. The highest BCUT2D eigenvalue weighted by atomic mass is 32.2. The Hall–Kier alpha value is -2.55. The maximum Gasteiger partial charge on any atom is 0.335 e. The summed E-state index contributed by atoms with van der Waals surface area (Å²) in [7, 11) is -0.942. The van der Waals surface area contributed by atoms with E-state index in [1.54, 1.807) is 7.05 Å². The maximum atomic E-state index is 12.7. The summed E-state index contributed by atoms with van der Waals surface area (Å²) in [6.07, 6.45) is 0. The number of ether oxygens (including phenoxy) is 1. The SMILES string of the molecule is COc1cc(NS(=O)(=O)c2cc(C(=O)O)ccc2C(C)C)nn1C. The number of aromatic carboxylic acids is 1. The van der Waals surface area contributed by atoms with Crippen LogP contribution in [0.1, 0.15) is 35.7 Å². The Labute approximate surface area is 140 Å². The van der Waals surface area contributed by atoms with E-state index in [1.807, 2.05) is 13.8 Å². The van der Waals surface area contributed by atoms with Crippen molar-refractivity contribution in [2.24, 2.45) is 7.05 Å². The molecule has 1 heterocycles. The van der Waals surface area contributed by atoms with Gasteiger partial charge in [-0.3, -0.25) is 4.72 Å². The second kappa shape index (κ2) is 6.52. The monoisotopic (exact) mass is 353 g/mol. The van der Waals surface area contributed by atoms with Crippen LogP contribution < -0.4 is 9.46 Å². The van der Waals surface area contributed by atoms with Crippen LogP contribution in [-0.4, -0.2) is 36.4 Å². The Bertz CT molecular complexity index is 871. The van der Waals surface area contributed by atoms with Crippen molar-refractivity contribution < 1.29 is 23.1 Å². The molecule has 0 radical (unpaired) electrons. The zero-order valence-electron chi connectivity index (χ0n) is 13.8. The molecular weight excluding hydrogens is 334 g/mol. The third-order valence-electron chi connectivity index (χ3n) is 3.46. The van der Waals surface area contributed by atoms with E-state index < -0.39 is 16.0 Å². The predicted octanol–water partition coefficient (Wildman–Crippen LogP) is 2.05. The fourth-order valence-electron chi connectivity index (χ4n) is 2.26. The summed E-state index contributed by atoms with van der Waals surface area (Å²) in [5, 5.41) is 13.1. The van der Waals surface area contributed by atoms with E-state index in [-0.39, 0.29) is 22.2 Å². The van der Waals surface area contributed by atoms with Crippen LogP contribution >= 0.6 is 0 Å². The van der Waals surface area contributed by atoms with Crippen LogP contribution in [0.4, 0.5) is 5.82 Å². The van der Waals surface area contributed by atoms with E-state index in [2.05, 4.69) is 9.82 Å². The Kier molecular flexibility index (Phi) is 4.83. The molecule has 0 aliphatic heterocycles. The first kappa shape index (κ1) is 17.8. The number of carbonyl (C=O) groups is 1. The number of methoxy groups -OCH3 is 1. The van der Waals surface area contributed by atoms with E-state index in [1.165, 1.54) is 30.0 Å². The summed E-state index contributed by atoms with van der Waals surface area (Å²) in [6, 6.07) is 5.50. The van der Waals surface area contributed by atoms with E-state index in [9.17, 15) is 13.2 Å². The maximum absolute atomic E-state index is 12.7. The van der Waals surface area contributed by atoms with Crippen molar-refractivity contribution in [1.82, 2.24) is 9.78 Å². The van der Waals surface area contributed by atoms with Gasteiger partial charge in [0.1, 0.15) is 0 Å². The number of hydrogen-bond donors (Lipinski definition) is 2. The largest absolute Gasteiger partial charge is 0.481 e. The zero-order chi connectivity index (χ0) is 18.1. The van der Waals surface area contributed by atoms with Gasteiger partial charge in [0.05, 0.1) is 17.6 Å². The number of aromatic nitrogens is 2. The number of sulfonamides is 1. The molecule has 0 aliphatic rings. The summed E-state index contributed by atoms with van der Waals surface area (Å²) in [6.45, 7) is 3.66. The second-order valence-corrected chi connectivity index (χ2v) is 7.16. The first-order valence-corrected chi connectivity index (χ1v) is 8.62. The minimum Gasteiger partial charge on any atom is -0.481 e. The van der Waals surface area contributed by atoms with Crippen molar-refractivity contribution in [1.29, 1.82) is 0 Å². The van der Waals surface area contributed by atoms with E-state index in [0.29, 0.717) is 11.4 Å². The lowest BCUT2D eigenvalue weighted by molar-refractivity contribution is 0.0696. The number of benzene rings is 1. The van der Waals surface area contributed by atoms with Gasteiger partial charge < -0.3 is 9.84 Å². The lowest BCUT2D eigenvalue weighted by atomic mass is 10.0. The fourth-order valence-corrected chi connectivity index (χ4v) is 3.64. The van der Waals surface area contributed by atoms with E-state index in [4.69, 9.17) is 9.84 Å². The highest BCUT2D eigenvalue weighted by Crippen LogP contribution is 2.27. The molecule has 0 aliphatic carbocycles. The summed E-state index contributed by atoms with van der Waals surface area (Å²) in [5.74, 6) is -0.820. The molecule has 0 bridgehead atoms. The smallest absolute Gasteiger partial charge is 0.335 e. The van der Waals surface area contributed by atoms with Gasteiger partial charge in [-0.2, -0.15) is 5.10 Å². The molecule has 24 heavy (non-hydrogen) atoms. The Morgan fingerprint density at radius 3 is 2.50 bits per heavy atom. The number of carboxylic acids is 1. The van der Waals surface area contributed by atoms with Crippen LogP contribution in [0, 0.1) is 0 Å². The lowest BCUT2D eigenvalue weighted by Crippen LogP contribution is -2.17. The topological polar surface area (TPSA) is 111 Å². The molecule has 0 atom stereocenters. The van der Waals surface area contributed by atoms with Crippen LogP contribution in [0.25, 0.3) is 0 Å². The second-order valence-electron chi connectivity index (χ2n) is 5.51. The van der Waals surface area contributed by atoms with Crippen LogP contribution in [0.15, 0.2) is 29.2 Å². The van der Waals surface area contributed by atoms with Gasteiger partial charge in [-0.25, -0.2) is 17.9 Å². The molecule has 0 fully saturated rings. The van der Waals surface area contributed by atoms with Crippen molar-refractivity contribution in [2.45, 2.75) is 24.7 Å². The minimum atomic E-state index is -4.00. The Morgan fingerprint density at radius 1 is 1.33 bits per heavy atom. The van der Waals surface area contributed by atoms with Crippen molar-refractivity contribution >= 4 is 21.8 Å². The van der Waals surface area contributed by atoms with Gasteiger partial charge in [0.25, 0.3) is 10.0 Å². The van der Waals surface area contributed by atoms with E-state index >= 15 is 0 Å². The quantitative estimate of drug-likeness (QED) is 0.822. The standard InChI is InChI=1S/C15H19N3O5S/c1-9(2)11-6-5-10(15(19)20)7-12(11)24(21,22)17-13-8-14(23-4)18(3)16-13/h5-9H,1-4H3,(H,16,17)(H,19,20). The average Bonchev–Trinajstić information content (AvgIpc) is 2.85. The number of nitrogens with zero attached hydrogens (tertiary/aromatic N) is 2. The molecule has 2 aromatic rings. The van der Waals surface area contributed by atoms with Crippen molar-refractivity contribution in [2.75, 3.05) is 11.8 Å². The normalized spacial score (nSPS) is 11.5. The van der Waals surface area contributed by atoms with Gasteiger partial charge in [-0.1, -0.05) is 19.9 Å². The molecule has 0 spiro atoms. The molecule has 9 heteroatoms. The number of aryl methyl sites for hydroxylation is 1. The molecule has 0 saturated carbocycles. The van der Waals surface area contributed by atoms with E-state index in [0.717, 1.165) is 6.07 Å². The van der Waals surface area contributed by atoms with Gasteiger partial charge in [0.2, 0.25) is 5.88 Å². The van der Waals surface area contributed by atoms with Crippen molar-refractivity contribution in [3.8, 4) is 5.88 Å². The highest BCUT2D eigenvalue weighted by molar-refractivity contribution is 7.92. The summed E-state index contributed by atoms with van der Waals surface area (Å²) < 4.78 is 34.2. The number of anilines is 1. The summed E-state index contributed by atoms with van der Waals surface area (Å²) in [4.78, 5) is 11.1. The number of hydrogen-bond acceptors (Lipinski definition) is 5. The van der Waals surface area contributed by atoms with Gasteiger partial charge in [-0.05, 0) is 23.6 Å². The Morgan fingerprint density at radius 2 is 2.00 bits per heavy atom. The third-order valence-corrected chi connectivity index (χ3v) is 4.87. The molecule has 0 amide bonds. The lowest BCUT2D eigenvalue weighted by Gasteiger charge is -2.14. The first-order chi connectivity index (χ1) is 11.2. The Balaban J connectivity index is 2.50. The predicted molar refractivity (Wildman–Crippen MR) is 88.1 cm³/mol. The molecule has 0 unspecified atom stereocenters. The number of carboxylic acid groups (broad SMARTS) is 1. The van der Waals surface area contributed by atoms with Gasteiger partial charge in [-0.15, -0.1) is 0 Å². The minimum absolute atomic E-state index is 0.0815. The van der Waals surface area contributed by atoms with Gasteiger partial charge >= 0.3 is 5.97 Å². The van der Waals surface area contributed by atoms with Crippen LogP contribution in [0.3, 0.4) is 0 Å².